The van der Waals surface area contributed by atoms with Crippen molar-refractivity contribution in [3.8, 4) is 11.5 Å². The second kappa shape index (κ2) is 9.05. The third-order valence-corrected chi connectivity index (χ3v) is 3.23. The number of methoxy groups -OCH3 is 2. The molecule has 0 aromatic heterocycles. The number of hydrogen-bond acceptors (Lipinski definition) is 4. The van der Waals surface area contributed by atoms with Crippen LogP contribution in [0.5, 0.6) is 11.5 Å². The van der Waals surface area contributed by atoms with Crippen LogP contribution >= 0.6 is 28.3 Å². The van der Waals surface area contributed by atoms with E-state index in [0.717, 1.165) is 4.47 Å². The summed E-state index contributed by atoms with van der Waals surface area (Å²) in [7, 11) is 3.11. The minimum absolute atomic E-state index is 0. The van der Waals surface area contributed by atoms with Gasteiger partial charge >= 0.3 is 0 Å². The molecule has 1 atom stereocenters. The van der Waals surface area contributed by atoms with Gasteiger partial charge in [-0.15, -0.1) is 12.4 Å². The van der Waals surface area contributed by atoms with E-state index in [-0.39, 0.29) is 24.4 Å². The van der Waals surface area contributed by atoms with Crippen molar-refractivity contribution in [1.29, 1.82) is 0 Å². The highest BCUT2D eigenvalue weighted by atomic mass is 79.9. The molecule has 0 bridgehead atoms. The van der Waals surface area contributed by atoms with Gasteiger partial charge in [0.25, 0.3) is 0 Å². The summed E-state index contributed by atoms with van der Waals surface area (Å²) < 4.78 is 11.1. The maximum atomic E-state index is 11.8. The van der Waals surface area contributed by atoms with Gasteiger partial charge in [0.2, 0.25) is 5.91 Å². The molecule has 1 aromatic carbocycles. The number of ether oxygens (including phenoxy) is 2. The monoisotopic (exact) mass is 366 g/mol. The molecule has 5 nitrogen and oxygen atoms in total. The lowest BCUT2D eigenvalue weighted by Gasteiger charge is -2.13. The van der Waals surface area contributed by atoms with Crippen molar-refractivity contribution < 1.29 is 14.3 Å². The molecule has 1 aromatic rings. The smallest absolute Gasteiger partial charge is 0.224 e. The van der Waals surface area contributed by atoms with Crippen molar-refractivity contribution in [3.05, 3.63) is 16.6 Å². The van der Waals surface area contributed by atoms with Crippen LogP contribution in [0.15, 0.2) is 16.6 Å². The van der Waals surface area contributed by atoms with Gasteiger partial charge < -0.3 is 20.5 Å². The summed E-state index contributed by atoms with van der Waals surface area (Å²) in [5, 5.41) is 2.81. The van der Waals surface area contributed by atoms with Crippen LogP contribution in [0.4, 0.5) is 5.69 Å². The predicted molar refractivity (Wildman–Crippen MR) is 86.0 cm³/mol. The molecule has 3 N–H and O–H groups in total. The molecule has 0 radical (unpaired) electrons. The Balaban J connectivity index is 0.00000361. The van der Waals surface area contributed by atoms with Gasteiger partial charge in [0.05, 0.1) is 19.9 Å². The molecule has 0 saturated heterocycles. The lowest BCUT2D eigenvalue weighted by Crippen LogP contribution is -2.19. The quantitative estimate of drug-likeness (QED) is 0.810. The highest BCUT2D eigenvalue weighted by Gasteiger charge is 2.12. The first kappa shape index (κ1) is 19.0. The maximum absolute atomic E-state index is 11.8. The van der Waals surface area contributed by atoms with E-state index < -0.39 is 0 Å². The zero-order valence-electron chi connectivity index (χ0n) is 11.7. The van der Waals surface area contributed by atoms with E-state index in [0.29, 0.717) is 30.0 Å². The standard InChI is InChI=1S/C13H19BrN2O3.ClH/c1-8(15)4-5-13(17)16-10-7-12(19-3)11(18-2)6-9(10)14;/h6-8H,4-5,15H2,1-3H3,(H,16,17);1H. The Hall–Kier alpha value is -0.980. The Morgan fingerprint density at radius 1 is 1.35 bits per heavy atom. The molecule has 1 unspecified atom stereocenters. The minimum Gasteiger partial charge on any atom is -0.493 e. The molecule has 0 heterocycles. The summed E-state index contributed by atoms with van der Waals surface area (Å²) in [6.45, 7) is 1.87. The number of amides is 1. The third kappa shape index (κ3) is 5.56. The van der Waals surface area contributed by atoms with Gasteiger partial charge in [-0.05, 0) is 29.3 Å². The molecule has 0 spiro atoms. The molecule has 0 aliphatic rings. The Morgan fingerprint density at radius 3 is 2.40 bits per heavy atom. The molecule has 114 valence electrons. The van der Waals surface area contributed by atoms with Crippen LogP contribution in [0.2, 0.25) is 0 Å². The number of carbonyl (C=O) groups excluding carboxylic acids is 1. The van der Waals surface area contributed by atoms with Gasteiger partial charge in [-0.25, -0.2) is 0 Å². The lowest BCUT2D eigenvalue weighted by atomic mass is 10.2. The normalized spacial score (nSPS) is 11.2. The summed E-state index contributed by atoms with van der Waals surface area (Å²) >= 11 is 3.38. The molecule has 20 heavy (non-hydrogen) atoms. The van der Waals surface area contributed by atoms with E-state index in [4.69, 9.17) is 15.2 Å². The largest absolute Gasteiger partial charge is 0.493 e. The Bertz CT molecular complexity index is 455. The van der Waals surface area contributed by atoms with Gasteiger partial charge in [0.1, 0.15) is 0 Å². The molecule has 7 heteroatoms. The topological polar surface area (TPSA) is 73.6 Å². The average Bonchev–Trinajstić information content (AvgIpc) is 2.38. The lowest BCUT2D eigenvalue weighted by molar-refractivity contribution is -0.116. The number of nitrogens with two attached hydrogens (primary N) is 1. The number of nitrogens with one attached hydrogen (secondary N) is 1. The molecule has 0 aliphatic carbocycles. The van der Waals surface area contributed by atoms with Crippen molar-refractivity contribution in [1.82, 2.24) is 0 Å². The van der Waals surface area contributed by atoms with E-state index in [1.807, 2.05) is 6.92 Å². The maximum Gasteiger partial charge on any atom is 0.224 e. The molecule has 0 fully saturated rings. The summed E-state index contributed by atoms with van der Waals surface area (Å²) in [6.07, 6.45) is 1.04. The molecule has 1 amide bonds. The average molecular weight is 368 g/mol. The van der Waals surface area contributed by atoms with Gasteiger partial charge in [-0.3, -0.25) is 4.79 Å². The Labute approximate surface area is 133 Å². The number of anilines is 1. The van der Waals surface area contributed by atoms with Gasteiger partial charge in [-0.2, -0.15) is 0 Å². The fraction of sp³-hybridized carbons (Fsp3) is 0.462. The van der Waals surface area contributed by atoms with Crippen LogP contribution in [0.3, 0.4) is 0 Å². The summed E-state index contributed by atoms with van der Waals surface area (Å²) in [6, 6.07) is 3.48. The zero-order chi connectivity index (χ0) is 14.4. The third-order valence-electron chi connectivity index (χ3n) is 2.57. The van der Waals surface area contributed by atoms with Crippen molar-refractivity contribution in [2.45, 2.75) is 25.8 Å². The van der Waals surface area contributed by atoms with Crippen LogP contribution in [0.1, 0.15) is 19.8 Å². The number of rotatable bonds is 6. The van der Waals surface area contributed by atoms with Crippen LogP contribution in [0, 0.1) is 0 Å². The van der Waals surface area contributed by atoms with E-state index in [2.05, 4.69) is 21.2 Å². The van der Waals surface area contributed by atoms with E-state index >= 15 is 0 Å². The first-order valence-electron chi connectivity index (χ1n) is 5.95. The Kier molecular flexibility index (Phi) is 8.60. The van der Waals surface area contributed by atoms with Crippen LogP contribution in [0.25, 0.3) is 0 Å². The number of carbonyl (C=O) groups is 1. The van der Waals surface area contributed by atoms with Crippen molar-refractivity contribution in [2.75, 3.05) is 19.5 Å². The van der Waals surface area contributed by atoms with E-state index in [9.17, 15) is 4.79 Å². The molecule has 0 aliphatic heterocycles. The fourth-order valence-electron chi connectivity index (χ4n) is 1.52. The SMILES string of the molecule is COc1cc(Br)c(NC(=O)CCC(C)N)cc1OC.Cl. The highest BCUT2D eigenvalue weighted by Crippen LogP contribution is 2.36. The second-order valence-electron chi connectivity index (χ2n) is 4.25. The van der Waals surface area contributed by atoms with Gasteiger partial charge in [0.15, 0.2) is 11.5 Å². The highest BCUT2D eigenvalue weighted by molar-refractivity contribution is 9.10. The molecular formula is C13H20BrClN2O3. The zero-order valence-corrected chi connectivity index (χ0v) is 14.1. The van der Waals surface area contributed by atoms with Gasteiger partial charge in [-0.1, -0.05) is 0 Å². The van der Waals surface area contributed by atoms with Crippen molar-refractivity contribution >= 4 is 39.9 Å². The Morgan fingerprint density at radius 2 is 1.90 bits per heavy atom. The summed E-state index contributed by atoms with van der Waals surface area (Å²) in [5.41, 5.74) is 6.27. The first-order chi connectivity index (χ1) is 8.97. The van der Waals surface area contributed by atoms with E-state index in [1.165, 1.54) is 0 Å². The molecular weight excluding hydrogens is 348 g/mol. The predicted octanol–water partition coefficient (Wildman–Crippen LogP) is 2.95. The minimum atomic E-state index is -0.0785. The first-order valence-corrected chi connectivity index (χ1v) is 6.74. The van der Waals surface area contributed by atoms with Crippen molar-refractivity contribution in [2.24, 2.45) is 5.73 Å². The molecule has 1 rings (SSSR count). The summed E-state index contributed by atoms with van der Waals surface area (Å²) in [4.78, 5) is 11.8. The van der Waals surface area contributed by atoms with Crippen LogP contribution in [-0.2, 0) is 4.79 Å². The molecule has 0 saturated carbocycles. The second-order valence-corrected chi connectivity index (χ2v) is 5.11. The van der Waals surface area contributed by atoms with Gasteiger partial charge in [0, 0.05) is 29.1 Å². The van der Waals surface area contributed by atoms with Crippen LogP contribution in [-0.4, -0.2) is 26.2 Å². The van der Waals surface area contributed by atoms with Crippen molar-refractivity contribution in [3.63, 3.8) is 0 Å². The number of benzene rings is 1. The number of halogens is 2. The summed E-state index contributed by atoms with van der Waals surface area (Å²) in [5.74, 6) is 1.08. The number of hydrogen-bond donors (Lipinski definition) is 2. The fourth-order valence-corrected chi connectivity index (χ4v) is 1.94. The van der Waals surface area contributed by atoms with Crippen LogP contribution < -0.4 is 20.5 Å². The van der Waals surface area contributed by atoms with E-state index in [1.54, 1.807) is 26.4 Å².